The first-order valence-electron chi connectivity index (χ1n) is 20.7. The third kappa shape index (κ3) is 7.21. The number of thiophene rings is 2. The molecule has 64 heavy (non-hydrogen) atoms. The van der Waals surface area contributed by atoms with Gasteiger partial charge in [-0.3, -0.25) is 0 Å². The van der Waals surface area contributed by atoms with Crippen molar-refractivity contribution in [2.45, 2.75) is 0 Å². The van der Waals surface area contributed by atoms with Gasteiger partial charge in [0.2, 0.25) is 0 Å². The van der Waals surface area contributed by atoms with Gasteiger partial charge in [-0.25, -0.2) is 24.6 Å². The first-order valence-corrected chi connectivity index (χ1v) is 22.4. The lowest BCUT2D eigenvalue weighted by Crippen LogP contribution is -2.00. The molecule has 298 valence electrons. The summed E-state index contributed by atoms with van der Waals surface area (Å²) in [6.45, 7) is 15.1. The number of fused-ring (bicyclic) bond motifs is 2. The number of aromatic nitrogens is 3. The van der Waals surface area contributed by atoms with Gasteiger partial charge in [-0.2, -0.15) is 0 Å². The molecule has 3 aromatic heterocycles. The predicted molar refractivity (Wildman–Crippen MR) is 267 cm³/mol. The zero-order valence-electron chi connectivity index (χ0n) is 34.1. The van der Waals surface area contributed by atoms with Crippen LogP contribution in [0.4, 0.5) is 11.4 Å². The smallest absolute Gasteiger partial charge is 0.177 e. The molecule has 0 aliphatic rings. The van der Waals surface area contributed by atoms with Gasteiger partial charge in [0.05, 0.1) is 13.1 Å². The Morgan fingerprint density at radius 1 is 0.312 bits per heavy atom. The van der Waals surface area contributed by atoms with E-state index in [1.54, 1.807) is 6.07 Å². The Morgan fingerprint density at radius 2 is 0.641 bits per heavy atom. The van der Waals surface area contributed by atoms with Crippen molar-refractivity contribution in [2.75, 3.05) is 0 Å². The fraction of sp³-hybridized carbons (Fsp3) is 0. The van der Waals surface area contributed by atoms with Crippen LogP contribution in [-0.4, -0.2) is 15.0 Å². The minimum Gasteiger partial charge on any atom is -0.239 e. The quantitative estimate of drug-likeness (QED) is 0.143. The summed E-state index contributed by atoms with van der Waals surface area (Å²) in [5.41, 5.74) is 12.6. The van der Waals surface area contributed by atoms with Gasteiger partial charge in [0.15, 0.2) is 28.8 Å². The topological polar surface area (TPSA) is 47.4 Å². The molecule has 3 heterocycles. The van der Waals surface area contributed by atoms with Crippen LogP contribution in [0.5, 0.6) is 0 Å². The number of nitrogens with zero attached hydrogens (tertiary/aromatic N) is 5. The first kappa shape index (κ1) is 38.6. The van der Waals surface area contributed by atoms with Crippen molar-refractivity contribution >= 4 is 54.2 Å². The van der Waals surface area contributed by atoms with E-state index in [9.17, 15) is 0 Å². The maximum Gasteiger partial charge on any atom is 0.177 e. The standard InChI is InChI=1S/C57H33N5S2/c1-58-45-31-44(32-46(33-45)59-2)36-23-25-37(26-24-36)49-34-47-51(39-15-7-3-8-16-39)54-48(52(53(47)63-49)40-17-9-4-10-18-40)35-50(64-54)38-27-29-43(30-28-38)57-61-55(41-19-11-5-12-20-41)60-56(62-57)42-21-13-6-14-22-42/h3-35H. The third-order valence-corrected chi connectivity index (χ3v) is 13.8. The van der Waals surface area contributed by atoms with Crippen LogP contribution in [0.1, 0.15) is 0 Å². The van der Waals surface area contributed by atoms with Crippen molar-refractivity contribution in [1.29, 1.82) is 0 Å². The molecule has 11 rings (SSSR count). The molecule has 0 unspecified atom stereocenters. The second-order valence-electron chi connectivity index (χ2n) is 15.3. The molecule has 11 aromatic rings. The van der Waals surface area contributed by atoms with Gasteiger partial charge in [0.25, 0.3) is 0 Å². The van der Waals surface area contributed by atoms with E-state index in [1.165, 1.54) is 52.2 Å². The molecule has 0 fully saturated rings. The molecule has 5 nitrogen and oxygen atoms in total. The lowest BCUT2D eigenvalue weighted by atomic mass is 9.93. The van der Waals surface area contributed by atoms with Crippen LogP contribution < -0.4 is 0 Å². The summed E-state index contributed by atoms with van der Waals surface area (Å²) in [5, 5.41) is 2.44. The fourth-order valence-corrected chi connectivity index (χ4v) is 10.8. The lowest BCUT2D eigenvalue weighted by Gasteiger charge is -2.12. The highest BCUT2D eigenvalue weighted by molar-refractivity contribution is 7.25. The minimum atomic E-state index is 0.467. The number of benzene rings is 8. The Labute approximate surface area is 378 Å². The van der Waals surface area contributed by atoms with Crippen LogP contribution in [0, 0.1) is 13.1 Å². The summed E-state index contributed by atoms with van der Waals surface area (Å²) in [4.78, 5) is 24.4. The second kappa shape index (κ2) is 16.5. The molecule has 0 radical (unpaired) electrons. The number of hydrogen-bond acceptors (Lipinski definition) is 5. The molecular formula is C57H33N5S2. The maximum absolute atomic E-state index is 7.54. The molecule has 0 atom stereocenters. The molecule has 0 amide bonds. The van der Waals surface area contributed by atoms with Crippen molar-refractivity contribution in [2.24, 2.45) is 0 Å². The molecule has 0 saturated carbocycles. The van der Waals surface area contributed by atoms with Crippen molar-refractivity contribution in [3.8, 4) is 88.4 Å². The molecular weight excluding hydrogens is 819 g/mol. The minimum absolute atomic E-state index is 0.467. The highest BCUT2D eigenvalue weighted by Crippen LogP contribution is 2.52. The molecule has 0 aliphatic carbocycles. The summed E-state index contributed by atoms with van der Waals surface area (Å²) in [7, 11) is 0. The van der Waals surface area contributed by atoms with E-state index in [2.05, 4.69) is 131 Å². The average Bonchev–Trinajstić information content (AvgIpc) is 4.02. The van der Waals surface area contributed by atoms with Crippen molar-refractivity contribution in [3.05, 3.63) is 223 Å². The SMILES string of the molecule is [C-]#[N+]c1cc([N+]#[C-])cc(-c2ccc(-c3cc4c(-c5ccccc5)c5sc(-c6ccc(-c7nc(-c8ccccc8)nc(-c8ccccc8)n7)cc6)cc5c(-c5ccccc5)c4s3)cc2)c1. The van der Waals surface area contributed by atoms with Crippen LogP contribution in [-0.2, 0) is 0 Å². The molecule has 0 N–H and O–H groups in total. The highest BCUT2D eigenvalue weighted by Gasteiger charge is 2.23. The van der Waals surface area contributed by atoms with Crippen LogP contribution in [0.15, 0.2) is 200 Å². The van der Waals surface area contributed by atoms with Gasteiger partial charge >= 0.3 is 0 Å². The van der Waals surface area contributed by atoms with Crippen molar-refractivity contribution in [3.63, 3.8) is 0 Å². The maximum atomic E-state index is 7.54. The summed E-state index contributed by atoms with van der Waals surface area (Å²) in [5.74, 6) is 1.90. The van der Waals surface area contributed by atoms with E-state index in [4.69, 9.17) is 28.1 Å². The van der Waals surface area contributed by atoms with Gasteiger partial charge in [-0.05, 0) is 45.5 Å². The van der Waals surface area contributed by atoms with Crippen molar-refractivity contribution < 1.29 is 0 Å². The highest BCUT2D eigenvalue weighted by atomic mass is 32.1. The molecule has 0 aliphatic heterocycles. The number of rotatable bonds is 8. The summed E-state index contributed by atoms with van der Waals surface area (Å²) >= 11 is 3.65. The Hall–Kier alpha value is -8.33. The Balaban J connectivity index is 1.04. The second-order valence-corrected chi connectivity index (χ2v) is 17.4. The van der Waals surface area contributed by atoms with E-state index in [1.807, 2.05) is 95.5 Å². The van der Waals surface area contributed by atoms with E-state index >= 15 is 0 Å². The molecule has 0 saturated heterocycles. The van der Waals surface area contributed by atoms with Crippen molar-refractivity contribution in [1.82, 2.24) is 15.0 Å². The van der Waals surface area contributed by atoms with E-state index < -0.39 is 0 Å². The van der Waals surface area contributed by atoms with E-state index in [-0.39, 0.29) is 0 Å². The van der Waals surface area contributed by atoms with Gasteiger partial charge < -0.3 is 0 Å². The Kier molecular flexibility index (Phi) is 9.95. The fourth-order valence-electron chi connectivity index (χ4n) is 8.28. The summed E-state index contributed by atoms with van der Waals surface area (Å²) < 4.78 is 2.48. The third-order valence-electron chi connectivity index (χ3n) is 11.4. The van der Waals surface area contributed by atoms with Gasteiger partial charge in [0, 0.05) is 57.7 Å². The largest absolute Gasteiger partial charge is 0.239 e. The average molecular weight is 852 g/mol. The monoisotopic (exact) mass is 851 g/mol. The molecule has 8 aromatic carbocycles. The van der Waals surface area contributed by atoms with Crippen LogP contribution in [0.2, 0.25) is 0 Å². The Bertz CT molecular complexity index is 3400. The van der Waals surface area contributed by atoms with Crippen LogP contribution in [0.25, 0.3) is 118 Å². The summed E-state index contributed by atoms with van der Waals surface area (Å²) in [6, 6.07) is 68.8. The molecule has 7 heteroatoms. The number of hydrogen-bond donors (Lipinski definition) is 0. The first-order chi connectivity index (χ1) is 31.6. The van der Waals surface area contributed by atoms with E-state index in [0.29, 0.717) is 28.8 Å². The summed E-state index contributed by atoms with van der Waals surface area (Å²) in [6.07, 6.45) is 0. The Morgan fingerprint density at radius 3 is 1.02 bits per heavy atom. The van der Waals surface area contributed by atoms with Crippen LogP contribution >= 0.6 is 22.7 Å². The van der Waals surface area contributed by atoms with Gasteiger partial charge in [-0.1, -0.05) is 188 Å². The van der Waals surface area contributed by atoms with Crippen LogP contribution in [0.3, 0.4) is 0 Å². The predicted octanol–water partition coefficient (Wildman–Crippen LogP) is 16.7. The van der Waals surface area contributed by atoms with Gasteiger partial charge in [-0.15, -0.1) is 22.7 Å². The zero-order chi connectivity index (χ0) is 43.0. The van der Waals surface area contributed by atoms with E-state index in [0.717, 1.165) is 38.9 Å². The zero-order valence-corrected chi connectivity index (χ0v) is 35.7. The molecule has 0 spiro atoms. The van der Waals surface area contributed by atoms with Gasteiger partial charge in [0.1, 0.15) is 0 Å². The molecule has 0 bridgehead atoms. The normalized spacial score (nSPS) is 11.1. The lowest BCUT2D eigenvalue weighted by molar-refractivity contribution is 1.07.